The molecular weight excluding hydrogens is 367 g/mol. The van der Waals surface area contributed by atoms with Crippen molar-refractivity contribution in [2.75, 3.05) is 5.32 Å². The summed E-state index contributed by atoms with van der Waals surface area (Å²) in [7, 11) is 0. The molecule has 0 saturated heterocycles. The van der Waals surface area contributed by atoms with Crippen LogP contribution in [0, 0.1) is 5.82 Å². The number of aromatic nitrogens is 3. The molecule has 0 saturated carbocycles. The van der Waals surface area contributed by atoms with Gasteiger partial charge in [-0.2, -0.15) is 0 Å². The molecule has 0 aliphatic rings. The highest BCUT2D eigenvalue weighted by molar-refractivity contribution is 8.00. The fourth-order valence-corrected chi connectivity index (χ4v) is 3.07. The second-order valence-electron chi connectivity index (χ2n) is 5.83. The number of H-pyrrole nitrogens is 1. The number of carbonyl (C=O) groups is 2. The van der Waals surface area contributed by atoms with Crippen molar-refractivity contribution >= 4 is 29.1 Å². The Balaban J connectivity index is 1.66. The lowest BCUT2D eigenvalue weighted by atomic mass is 10.1. The number of Topliss-reactive ketones (excluding diaryl/α,β-unsaturated/α-hetero) is 1. The molecule has 0 aliphatic carbocycles. The zero-order valence-corrected chi connectivity index (χ0v) is 15.5. The van der Waals surface area contributed by atoms with Crippen LogP contribution in [0.3, 0.4) is 0 Å². The molecule has 2 N–H and O–H groups in total. The first-order valence-electron chi connectivity index (χ1n) is 8.20. The van der Waals surface area contributed by atoms with Crippen molar-refractivity contribution in [1.29, 1.82) is 0 Å². The van der Waals surface area contributed by atoms with E-state index in [0.29, 0.717) is 27.8 Å². The van der Waals surface area contributed by atoms with Crippen molar-refractivity contribution in [2.45, 2.75) is 24.3 Å². The van der Waals surface area contributed by atoms with Gasteiger partial charge in [-0.3, -0.25) is 14.7 Å². The van der Waals surface area contributed by atoms with E-state index in [9.17, 15) is 14.0 Å². The zero-order chi connectivity index (χ0) is 19.4. The minimum atomic E-state index is -0.491. The van der Waals surface area contributed by atoms with E-state index in [1.54, 1.807) is 49.4 Å². The predicted molar refractivity (Wildman–Crippen MR) is 102 cm³/mol. The summed E-state index contributed by atoms with van der Waals surface area (Å²) in [6, 6.07) is 13.0. The van der Waals surface area contributed by atoms with Crippen LogP contribution < -0.4 is 5.32 Å². The summed E-state index contributed by atoms with van der Waals surface area (Å²) in [4.78, 5) is 28.1. The van der Waals surface area contributed by atoms with Crippen LogP contribution in [0.4, 0.5) is 10.1 Å². The number of nitrogens with one attached hydrogen (secondary N) is 2. The Morgan fingerprint density at radius 2 is 1.96 bits per heavy atom. The van der Waals surface area contributed by atoms with E-state index in [0.717, 1.165) is 11.8 Å². The number of ketones is 1. The number of anilines is 1. The molecule has 3 rings (SSSR count). The molecule has 8 heteroatoms. The van der Waals surface area contributed by atoms with Gasteiger partial charge in [-0.05, 0) is 38.1 Å². The summed E-state index contributed by atoms with van der Waals surface area (Å²) >= 11 is 1.15. The van der Waals surface area contributed by atoms with E-state index >= 15 is 0 Å². The minimum Gasteiger partial charge on any atom is -0.325 e. The van der Waals surface area contributed by atoms with Gasteiger partial charge in [0.05, 0.1) is 10.8 Å². The molecule has 1 aromatic heterocycles. The summed E-state index contributed by atoms with van der Waals surface area (Å²) < 4.78 is 13.8. The lowest BCUT2D eigenvalue weighted by Gasteiger charge is -2.10. The minimum absolute atomic E-state index is 0.0741. The molecule has 1 atom stereocenters. The average molecular weight is 384 g/mol. The number of carbonyl (C=O) groups excluding carboxylic acids is 2. The third kappa shape index (κ3) is 4.59. The number of rotatable bonds is 6. The first-order chi connectivity index (χ1) is 12.9. The van der Waals surface area contributed by atoms with E-state index in [4.69, 9.17) is 0 Å². The molecule has 0 radical (unpaired) electrons. The van der Waals surface area contributed by atoms with Crippen LogP contribution in [0.25, 0.3) is 11.4 Å². The van der Waals surface area contributed by atoms with Gasteiger partial charge in [0.1, 0.15) is 5.82 Å². The van der Waals surface area contributed by atoms with Gasteiger partial charge >= 0.3 is 0 Å². The second kappa shape index (κ2) is 8.13. The Morgan fingerprint density at radius 1 is 1.19 bits per heavy atom. The highest BCUT2D eigenvalue weighted by atomic mass is 32.2. The van der Waals surface area contributed by atoms with Crippen molar-refractivity contribution in [3.05, 3.63) is 59.9 Å². The molecule has 0 aliphatic heterocycles. The van der Waals surface area contributed by atoms with Gasteiger partial charge < -0.3 is 5.32 Å². The smallest absolute Gasteiger partial charge is 0.237 e. The second-order valence-corrected chi connectivity index (χ2v) is 7.14. The van der Waals surface area contributed by atoms with Crippen LogP contribution in [-0.4, -0.2) is 32.1 Å². The van der Waals surface area contributed by atoms with Crippen molar-refractivity contribution in [3.63, 3.8) is 0 Å². The summed E-state index contributed by atoms with van der Waals surface area (Å²) in [6.07, 6.45) is 0. The van der Waals surface area contributed by atoms with Gasteiger partial charge in [0.2, 0.25) is 11.1 Å². The number of hydrogen-bond acceptors (Lipinski definition) is 5. The van der Waals surface area contributed by atoms with Gasteiger partial charge in [-0.15, -0.1) is 5.10 Å². The lowest BCUT2D eigenvalue weighted by Crippen LogP contribution is -2.22. The molecule has 1 unspecified atom stereocenters. The summed E-state index contributed by atoms with van der Waals surface area (Å²) in [5, 5.41) is 9.34. The van der Waals surface area contributed by atoms with Gasteiger partial charge in [0, 0.05) is 11.3 Å². The third-order valence-corrected chi connectivity index (χ3v) is 4.74. The van der Waals surface area contributed by atoms with Crippen LogP contribution >= 0.6 is 11.8 Å². The fraction of sp³-hybridized carbons (Fsp3) is 0.158. The normalized spacial score (nSPS) is 11.8. The van der Waals surface area contributed by atoms with Crippen LogP contribution in [0.1, 0.15) is 24.2 Å². The molecule has 0 fully saturated rings. The number of amides is 1. The number of benzene rings is 2. The molecular formula is C19H17FN4O2S. The van der Waals surface area contributed by atoms with E-state index in [1.165, 1.54) is 13.0 Å². The predicted octanol–water partition coefficient (Wildman–Crippen LogP) is 3.93. The maximum Gasteiger partial charge on any atom is 0.237 e. The SMILES string of the molecule is CC(=O)c1cccc(NC(=O)C(C)Sc2n[nH]c(-c3ccccc3F)n2)c1. The van der Waals surface area contributed by atoms with Crippen LogP contribution in [-0.2, 0) is 4.79 Å². The molecule has 27 heavy (non-hydrogen) atoms. The van der Waals surface area contributed by atoms with Crippen molar-refractivity contribution in [2.24, 2.45) is 0 Å². The molecule has 6 nitrogen and oxygen atoms in total. The largest absolute Gasteiger partial charge is 0.325 e. The fourth-order valence-electron chi connectivity index (χ4n) is 2.34. The van der Waals surface area contributed by atoms with Gasteiger partial charge in [-0.25, -0.2) is 9.37 Å². The van der Waals surface area contributed by atoms with Crippen molar-refractivity contribution in [1.82, 2.24) is 15.2 Å². The molecule has 138 valence electrons. The van der Waals surface area contributed by atoms with Crippen LogP contribution in [0.15, 0.2) is 53.7 Å². The maximum absolute atomic E-state index is 13.8. The van der Waals surface area contributed by atoms with Crippen LogP contribution in [0.2, 0.25) is 0 Å². The Bertz CT molecular complexity index is 989. The Morgan fingerprint density at radius 3 is 2.70 bits per heavy atom. The summed E-state index contributed by atoms with van der Waals surface area (Å²) in [6.45, 7) is 3.18. The van der Waals surface area contributed by atoms with Crippen molar-refractivity contribution in [3.8, 4) is 11.4 Å². The maximum atomic E-state index is 13.8. The third-order valence-electron chi connectivity index (χ3n) is 3.78. The monoisotopic (exact) mass is 384 g/mol. The molecule has 2 aromatic carbocycles. The number of thioether (sulfide) groups is 1. The van der Waals surface area contributed by atoms with Gasteiger partial charge in [0.25, 0.3) is 0 Å². The van der Waals surface area contributed by atoms with E-state index in [2.05, 4.69) is 20.5 Å². The first-order valence-corrected chi connectivity index (χ1v) is 9.08. The number of aromatic amines is 1. The lowest BCUT2D eigenvalue weighted by molar-refractivity contribution is -0.115. The summed E-state index contributed by atoms with van der Waals surface area (Å²) in [5.74, 6) is -0.424. The Kier molecular flexibility index (Phi) is 5.66. The average Bonchev–Trinajstić information content (AvgIpc) is 3.10. The standard InChI is InChI=1S/C19H17FN4O2S/c1-11(25)13-6-5-7-14(10-13)21-18(26)12(2)27-19-22-17(23-24-19)15-8-3-4-9-16(15)20/h3-10,12H,1-2H3,(H,21,26)(H,22,23,24). The van der Waals surface area contributed by atoms with Crippen LogP contribution in [0.5, 0.6) is 0 Å². The highest BCUT2D eigenvalue weighted by Crippen LogP contribution is 2.25. The quantitative estimate of drug-likeness (QED) is 0.497. The zero-order valence-electron chi connectivity index (χ0n) is 14.7. The van der Waals surface area contributed by atoms with Gasteiger partial charge in [-0.1, -0.05) is 36.0 Å². The summed E-state index contributed by atoms with van der Waals surface area (Å²) in [5.41, 5.74) is 1.38. The Hall–Kier alpha value is -3.00. The highest BCUT2D eigenvalue weighted by Gasteiger charge is 2.18. The number of hydrogen-bond donors (Lipinski definition) is 2. The molecule has 0 spiro atoms. The number of halogens is 1. The van der Waals surface area contributed by atoms with E-state index in [1.807, 2.05) is 0 Å². The molecule has 1 heterocycles. The van der Waals surface area contributed by atoms with E-state index < -0.39 is 11.1 Å². The first kappa shape index (κ1) is 18.8. The van der Waals surface area contributed by atoms with Crippen molar-refractivity contribution < 1.29 is 14.0 Å². The Labute approximate surface area is 159 Å². The van der Waals surface area contributed by atoms with Gasteiger partial charge in [0.15, 0.2) is 11.6 Å². The molecule has 0 bridgehead atoms. The number of nitrogens with zero attached hydrogens (tertiary/aromatic N) is 2. The topological polar surface area (TPSA) is 87.7 Å². The molecule has 3 aromatic rings. The molecule has 1 amide bonds. The van der Waals surface area contributed by atoms with E-state index in [-0.39, 0.29) is 11.7 Å².